The molecule has 4 rings (SSSR count). The van der Waals surface area contributed by atoms with E-state index in [0.29, 0.717) is 24.1 Å². The maximum atomic E-state index is 12.6. The van der Waals surface area contributed by atoms with Crippen LogP contribution in [0.3, 0.4) is 0 Å². The van der Waals surface area contributed by atoms with Gasteiger partial charge in [-0.05, 0) is 62.3 Å². The summed E-state index contributed by atoms with van der Waals surface area (Å²) in [5, 5.41) is 2.74. The Morgan fingerprint density at radius 3 is 2.28 bits per heavy atom. The number of likely N-dealkylation sites (tertiary alicyclic amines) is 1. The van der Waals surface area contributed by atoms with Gasteiger partial charge in [-0.15, -0.1) is 0 Å². The Kier molecular flexibility index (Phi) is 3.98. The number of carbonyl (C=O) groups excluding carboxylic acids is 3. The summed E-state index contributed by atoms with van der Waals surface area (Å²) in [6.07, 6.45) is 3.08. The van der Waals surface area contributed by atoms with Crippen LogP contribution in [0.5, 0.6) is 5.75 Å². The van der Waals surface area contributed by atoms with Crippen molar-refractivity contribution in [1.82, 2.24) is 4.90 Å². The van der Waals surface area contributed by atoms with Crippen LogP contribution in [0, 0.1) is 23.7 Å². The van der Waals surface area contributed by atoms with Crippen LogP contribution in [0.1, 0.15) is 26.2 Å². The number of amides is 3. The maximum absolute atomic E-state index is 12.6. The van der Waals surface area contributed by atoms with E-state index in [2.05, 4.69) is 5.32 Å². The molecule has 1 heterocycles. The van der Waals surface area contributed by atoms with E-state index in [0.717, 1.165) is 25.0 Å². The molecule has 6 nitrogen and oxygen atoms in total. The fourth-order valence-corrected chi connectivity index (χ4v) is 4.77. The number of rotatable bonds is 5. The van der Waals surface area contributed by atoms with Crippen molar-refractivity contribution in [2.75, 3.05) is 18.5 Å². The molecule has 2 bridgehead atoms. The summed E-state index contributed by atoms with van der Waals surface area (Å²) in [6, 6.07) is 7.03. The third kappa shape index (κ3) is 2.69. The van der Waals surface area contributed by atoms with E-state index < -0.39 is 0 Å². The number of ether oxygens (including phenoxy) is 1. The first-order valence-corrected chi connectivity index (χ1v) is 8.96. The van der Waals surface area contributed by atoms with Crippen molar-refractivity contribution < 1.29 is 19.1 Å². The van der Waals surface area contributed by atoms with Gasteiger partial charge >= 0.3 is 0 Å². The van der Waals surface area contributed by atoms with E-state index in [1.54, 1.807) is 24.3 Å². The van der Waals surface area contributed by atoms with Crippen molar-refractivity contribution in [1.29, 1.82) is 0 Å². The number of hydrogen-bond acceptors (Lipinski definition) is 4. The van der Waals surface area contributed by atoms with Crippen LogP contribution in [0.15, 0.2) is 24.3 Å². The van der Waals surface area contributed by atoms with Gasteiger partial charge in [0, 0.05) is 5.69 Å². The number of hydrogen-bond donors (Lipinski definition) is 1. The van der Waals surface area contributed by atoms with E-state index in [1.807, 2.05) is 6.92 Å². The minimum Gasteiger partial charge on any atom is -0.494 e. The van der Waals surface area contributed by atoms with E-state index in [-0.39, 0.29) is 36.1 Å². The van der Waals surface area contributed by atoms with E-state index in [1.165, 1.54) is 4.90 Å². The van der Waals surface area contributed by atoms with Crippen LogP contribution < -0.4 is 10.1 Å². The smallest absolute Gasteiger partial charge is 0.244 e. The molecule has 1 N–H and O–H groups in total. The van der Waals surface area contributed by atoms with Gasteiger partial charge in [-0.25, -0.2) is 0 Å². The highest BCUT2D eigenvalue weighted by molar-refractivity contribution is 6.09. The predicted octanol–water partition coefficient (Wildman–Crippen LogP) is 2.05. The van der Waals surface area contributed by atoms with Gasteiger partial charge in [0.15, 0.2) is 0 Å². The van der Waals surface area contributed by atoms with Gasteiger partial charge in [0.2, 0.25) is 17.7 Å². The highest BCUT2D eigenvalue weighted by atomic mass is 16.5. The molecular formula is C19H22N2O4. The second-order valence-electron chi connectivity index (χ2n) is 7.15. The molecule has 0 radical (unpaired) electrons. The summed E-state index contributed by atoms with van der Waals surface area (Å²) in [7, 11) is 0. The Balaban J connectivity index is 1.39. The molecule has 0 aromatic heterocycles. The van der Waals surface area contributed by atoms with Crippen molar-refractivity contribution in [2.24, 2.45) is 23.7 Å². The van der Waals surface area contributed by atoms with Gasteiger partial charge in [-0.1, -0.05) is 0 Å². The van der Waals surface area contributed by atoms with Crippen molar-refractivity contribution >= 4 is 23.4 Å². The lowest BCUT2D eigenvalue weighted by Crippen LogP contribution is -2.39. The van der Waals surface area contributed by atoms with Gasteiger partial charge in [-0.3, -0.25) is 19.3 Å². The Hall–Kier alpha value is -2.37. The Morgan fingerprint density at radius 1 is 1.12 bits per heavy atom. The van der Waals surface area contributed by atoms with Gasteiger partial charge in [0.05, 0.1) is 18.4 Å². The molecule has 1 aliphatic heterocycles. The standard InChI is InChI=1S/C19H22N2O4/c1-2-25-14-7-5-13(6-8-14)20-15(22)10-21-18(23)16-11-3-4-12(9-11)17(16)19(21)24/h5-8,11-12,16-17H,2-4,9-10H2,1H3,(H,20,22)/t11-,12-,16+,17+/m0/s1. The second kappa shape index (κ2) is 6.17. The van der Waals surface area contributed by atoms with Crippen LogP contribution in [0.25, 0.3) is 0 Å². The number of imide groups is 1. The predicted molar refractivity (Wildman–Crippen MR) is 90.8 cm³/mol. The summed E-state index contributed by atoms with van der Waals surface area (Å²) < 4.78 is 5.36. The number of benzene rings is 1. The molecule has 0 unspecified atom stereocenters. The molecule has 132 valence electrons. The molecule has 3 fully saturated rings. The van der Waals surface area contributed by atoms with E-state index >= 15 is 0 Å². The zero-order valence-corrected chi connectivity index (χ0v) is 14.2. The van der Waals surface area contributed by atoms with Crippen LogP contribution in [0.4, 0.5) is 5.69 Å². The molecule has 6 heteroatoms. The molecule has 1 saturated heterocycles. The molecule has 1 aromatic carbocycles. The van der Waals surface area contributed by atoms with Crippen LogP contribution in [-0.2, 0) is 14.4 Å². The fraction of sp³-hybridized carbons (Fsp3) is 0.526. The molecule has 0 spiro atoms. The Morgan fingerprint density at radius 2 is 1.72 bits per heavy atom. The first kappa shape index (κ1) is 16.1. The van der Waals surface area contributed by atoms with Crippen LogP contribution in [0.2, 0.25) is 0 Å². The highest BCUT2D eigenvalue weighted by Gasteiger charge is 2.60. The van der Waals surface area contributed by atoms with Crippen LogP contribution >= 0.6 is 0 Å². The van der Waals surface area contributed by atoms with Gasteiger partial charge < -0.3 is 10.1 Å². The lowest BCUT2D eigenvalue weighted by Gasteiger charge is -2.19. The molecule has 25 heavy (non-hydrogen) atoms. The molecule has 2 aliphatic carbocycles. The zero-order chi connectivity index (χ0) is 17.6. The molecule has 3 aliphatic rings. The number of carbonyl (C=O) groups is 3. The number of nitrogens with zero attached hydrogens (tertiary/aromatic N) is 1. The second-order valence-corrected chi connectivity index (χ2v) is 7.15. The molecule has 1 aromatic rings. The van der Waals surface area contributed by atoms with Crippen molar-refractivity contribution in [2.45, 2.75) is 26.2 Å². The number of fused-ring (bicyclic) bond motifs is 5. The zero-order valence-electron chi connectivity index (χ0n) is 14.2. The van der Waals surface area contributed by atoms with Crippen LogP contribution in [-0.4, -0.2) is 35.8 Å². The quantitative estimate of drug-likeness (QED) is 0.831. The molecule has 2 saturated carbocycles. The average Bonchev–Trinajstić information content (AvgIpc) is 3.27. The lowest BCUT2D eigenvalue weighted by atomic mass is 9.81. The summed E-state index contributed by atoms with van der Waals surface area (Å²) in [5.41, 5.74) is 0.618. The highest BCUT2D eigenvalue weighted by Crippen LogP contribution is 2.56. The average molecular weight is 342 g/mol. The molecule has 3 amide bonds. The van der Waals surface area contributed by atoms with E-state index in [4.69, 9.17) is 4.74 Å². The fourth-order valence-electron chi connectivity index (χ4n) is 4.77. The third-order valence-corrected chi connectivity index (χ3v) is 5.77. The normalized spacial score (nSPS) is 29.9. The summed E-state index contributed by atoms with van der Waals surface area (Å²) in [4.78, 5) is 38.7. The molecular weight excluding hydrogens is 320 g/mol. The summed E-state index contributed by atoms with van der Waals surface area (Å²) in [6.45, 7) is 2.29. The number of nitrogens with one attached hydrogen (secondary N) is 1. The minimum absolute atomic E-state index is 0.149. The number of anilines is 1. The summed E-state index contributed by atoms with van der Waals surface area (Å²) >= 11 is 0. The Bertz CT molecular complexity index is 687. The topological polar surface area (TPSA) is 75.7 Å². The molecule has 4 atom stereocenters. The summed E-state index contributed by atoms with van der Waals surface area (Å²) in [5.74, 6) is 0.408. The van der Waals surface area contributed by atoms with Crippen molar-refractivity contribution in [3.05, 3.63) is 24.3 Å². The van der Waals surface area contributed by atoms with Crippen molar-refractivity contribution in [3.8, 4) is 5.75 Å². The minimum atomic E-state index is -0.349. The van der Waals surface area contributed by atoms with Crippen molar-refractivity contribution in [3.63, 3.8) is 0 Å². The van der Waals surface area contributed by atoms with Gasteiger partial charge in [0.25, 0.3) is 0 Å². The van der Waals surface area contributed by atoms with Gasteiger partial charge in [-0.2, -0.15) is 0 Å². The largest absolute Gasteiger partial charge is 0.494 e. The Labute approximate surface area is 146 Å². The first-order chi connectivity index (χ1) is 12.1. The first-order valence-electron chi connectivity index (χ1n) is 8.96. The lowest BCUT2D eigenvalue weighted by molar-refractivity contribution is -0.143. The third-order valence-electron chi connectivity index (χ3n) is 5.77. The van der Waals surface area contributed by atoms with Gasteiger partial charge in [0.1, 0.15) is 12.3 Å². The maximum Gasteiger partial charge on any atom is 0.244 e. The van der Waals surface area contributed by atoms with E-state index in [9.17, 15) is 14.4 Å². The monoisotopic (exact) mass is 342 g/mol. The SMILES string of the molecule is CCOc1ccc(NC(=O)CN2C(=O)[C@@H]3[C@H]4CC[C@@H](C4)[C@H]3C2=O)cc1.